The number of anilines is 1. The number of aromatic nitrogens is 3. The summed E-state index contributed by atoms with van der Waals surface area (Å²) in [6.45, 7) is 0.127. The molecule has 0 aliphatic rings. The lowest BCUT2D eigenvalue weighted by atomic mass is 10.1. The molecule has 1 amide bonds. The third-order valence-corrected chi connectivity index (χ3v) is 4.27. The molecule has 0 spiro atoms. The lowest BCUT2D eigenvalue weighted by Gasteiger charge is -2.06. The van der Waals surface area contributed by atoms with Gasteiger partial charge in [0.1, 0.15) is 0 Å². The van der Waals surface area contributed by atoms with Crippen LogP contribution in [-0.4, -0.2) is 20.8 Å². The largest absolute Gasteiger partial charge is 0.437 e. The van der Waals surface area contributed by atoms with Gasteiger partial charge in [-0.1, -0.05) is 65.8 Å². The van der Waals surface area contributed by atoms with E-state index in [4.69, 9.17) is 4.52 Å². The van der Waals surface area contributed by atoms with Crippen molar-refractivity contribution in [3.8, 4) is 11.3 Å². The Morgan fingerprint density at radius 2 is 1.70 bits per heavy atom. The predicted molar refractivity (Wildman–Crippen MR) is 103 cm³/mol. The second-order valence-corrected chi connectivity index (χ2v) is 6.47. The normalized spacial score (nSPS) is 11.4. The summed E-state index contributed by atoms with van der Waals surface area (Å²) in [5, 5.41) is 9.51. The average Bonchev–Trinajstić information content (AvgIpc) is 3.37. The average molecular weight is 412 g/mol. The monoisotopic (exact) mass is 412 g/mol. The molecule has 0 unspecified atom stereocenters. The first-order valence-electron chi connectivity index (χ1n) is 8.92. The highest BCUT2D eigenvalue weighted by molar-refractivity contribution is 6.03. The van der Waals surface area contributed by atoms with Crippen molar-refractivity contribution in [2.75, 3.05) is 5.32 Å². The van der Waals surface area contributed by atoms with Crippen LogP contribution in [0.1, 0.15) is 21.7 Å². The van der Waals surface area contributed by atoms with Gasteiger partial charge < -0.3 is 9.84 Å². The Morgan fingerprint density at radius 1 is 1.03 bits per heavy atom. The Labute approximate surface area is 168 Å². The van der Waals surface area contributed by atoms with E-state index in [1.165, 1.54) is 6.07 Å². The molecule has 0 aliphatic carbocycles. The van der Waals surface area contributed by atoms with Crippen LogP contribution in [0.25, 0.3) is 11.3 Å². The van der Waals surface area contributed by atoms with Crippen LogP contribution in [0.2, 0.25) is 0 Å². The highest BCUT2D eigenvalue weighted by Gasteiger charge is 2.38. The van der Waals surface area contributed by atoms with Crippen molar-refractivity contribution in [2.45, 2.75) is 12.7 Å². The van der Waals surface area contributed by atoms with Crippen LogP contribution >= 0.6 is 0 Å². The van der Waals surface area contributed by atoms with Gasteiger partial charge in [0.15, 0.2) is 17.1 Å². The summed E-state index contributed by atoms with van der Waals surface area (Å²) in [7, 11) is 0. The highest BCUT2D eigenvalue weighted by atomic mass is 19.4. The molecule has 4 aromatic rings. The number of amides is 1. The van der Waals surface area contributed by atoms with E-state index in [1.54, 1.807) is 54.6 Å². The number of benzene rings is 2. The molecule has 0 bridgehead atoms. The SMILES string of the molecule is O=C(Nc1cn(Cc2ccccc2)nc1C(F)(F)F)c1cc(-c2ccccc2)on1. The molecule has 0 radical (unpaired) electrons. The number of halogens is 3. The van der Waals surface area contributed by atoms with Crippen LogP contribution in [-0.2, 0) is 12.7 Å². The zero-order valence-corrected chi connectivity index (χ0v) is 15.4. The highest BCUT2D eigenvalue weighted by Crippen LogP contribution is 2.34. The zero-order valence-electron chi connectivity index (χ0n) is 15.4. The van der Waals surface area contributed by atoms with E-state index >= 15 is 0 Å². The van der Waals surface area contributed by atoms with Crippen molar-refractivity contribution in [3.05, 3.63) is 89.9 Å². The Kier molecular flexibility index (Phi) is 5.09. The Bertz CT molecular complexity index is 1150. The molecule has 0 saturated heterocycles. The summed E-state index contributed by atoms with van der Waals surface area (Å²) < 4.78 is 46.5. The van der Waals surface area contributed by atoms with E-state index in [1.807, 2.05) is 6.07 Å². The molecule has 152 valence electrons. The van der Waals surface area contributed by atoms with Crippen LogP contribution in [0.4, 0.5) is 18.9 Å². The minimum atomic E-state index is -4.73. The van der Waals surface area contributed by atoms with Gasteiger partial charge in [-0.05, 0) is 5.56 Å². The Balaban J connectivity index is 1.57. The summed E-state index contributed by atoms with van der Waals surface area (Å²) >= 11 is 0. The summed E-state index contributed by atoms with van der Waals surface area (Å²) in [4.78, 5) is 12.5. The lowest BCUT2D eigenvalue weighted by molar-refractivity contribution is -0.140. The number of nitrogens with zero attached hydrogens (tertiary/aromatic N) is 3. The van der Waals surface area contributed by atoms with Crippen LogP contribution in [0.5, 0.6) is 0 Å². The molecule has 30 heavy (non-hydrogen) atoms. The fourth-order valence-electron chi connectivity index (χ4n) is 2.88. The second-order valence-electron chi connectivity index (χ2n) is 6.47. The maximum absolute atomic E-state index is 13.4. The number of nitrogens with one attached hydrogen (secondary N) is 1. The number of carbonyl (C=O) groups excluding carboxylic acids is 1. The van der Waals surface area contributed by atoms with Gasteiger partial charge in [0, 0.05) is 17.8 Å². The summed E-state index contributed by atoms with van der Waals surface area (Å²) in [6, 6.07) is 19.2. The maximum atomic E-state index is 13.4. The molecule has 4 rings (SSSR count). The fraction of sp³-hybridized carbons (Fsp3) is 0.0952. The molecule has 1 N–H and O–H groups in total. The summed E-state index contributed by atoms with van der Waals surface area (Å²) in [6.07, 6.45) is -3.59. The minimum absolute atomic E-state index is 0.127. The number of hydrogen-bond donors (Lipinski definition) is 1. The van der Waals surface area contributed by atoms with E-state index in [0.717, 1.165) is 16.4 Å². The van der Waals surface area contributed by atoms with Crippen molar-refractivity contribution >= 4 is 11.6 Å². The third-order valence-electron chi connectivity index (χ3n) is 4.27. The van der Waals surface area contributed by atoms with Crippen molar-refractivity contribution in [3.63, 3.8) is 0 Å². The molecule has 0 aliphatic heterocycles. The van der Waals surface area contributed by atoms with Gasteiger partial charge in [0.2, 0.25) is 0 Å². The van der Waals surface area contributed by atoms with Gasteiger partial charge in [-0.25, -0.2) is 0 Å². The second kappa shape index (κ2) is 7.86. The van der Waals surface area contributed by atoms with E-state index in [2.05, 4.69) is 15.6 Å². The topological polar surface area (TPSA) is 73.0 Å². The van der Waals surface area contributed by atoms with E-state index in [0.29, 0.717) is 11.3 Å². The van der Waals surface area contributed by atoms with Crippen molar-refractivity contribution in [2.24, 2.45) is 0 Å². The van der Waals surface area contributed by atoms with Crippen LogP contribution in [0, 0.1) is 0 Å². The number of hydrogen-bond acceptors (Lipinski definition) is 4. The first kappa shape index (κ1) is 19.4. The number of carbonyl (C=O) groups is 1. The molecule has 9 heteroatoms. The number of alkyl halides is 3. The number of rotatable bonds is 5. The molecule has 2 aromatic heterocycles. The third kappa shape index (κ3) is 4.24. The molecule has 2 aromatic carbocycles. The quantitative estimate of drug-likeness (QED) is 0.508. The van der Waals surface area contributed by atoms with Gasteiger partial charge in [0.05, 0.1) is 12.2 Å². The maximum Gasteiger partial charge on any atom is 0.437 e. The van der Waals surface area contributed by atoms with Crippen LogP contribution in [0.3, 0.4) is 0 Å². The Hall–Kier alpha value is -3.88. The molecular formula is C21H15F3N4O2. The van der Waals surface area contributed by atoms with Gasteiger partial charge in [0.25, 0.3) is 5.91 Å². The van der Waals surface area contributed by atoms with Gasteiger partial charge >= 0.3 is 6.18 Å². The van der Waals surface area contributed by atoms with Gasteiger partial charge in [-0.3, -0.25) is 9.48 Å². The van der Waals surface area contributed by atoms with Crippen LogP contribution in [0.15, 0.2) is 77.4 Å². The van der Waals surface area contributed by atoms with Crippen molar-refractivity contribution < 1.29 is 22.5 Å². The van der Waals surface area contributed by atoms with Crippen LogP contribution < -0.4 is 5.32 Å². The Morgan fingerprint density at radius 3 is 2.37 bits per heavy atom. The molecule has 0 saturated carbocycles. The molecule has 6 nitrogen and oxygen atoms in total. The van der Waals surface area contributed by atoms with E-state index < -0.39 is 23.5 Å². The van der Waals surface area contributed by atoms with Crippen molar-refractivity contribution in [1.82, 2.24) is 14.9 Å². The molecule has 0 fully saturated rings. The minimum Gasteiger partial charge on any atom is -0.355 e. The summed E-state index contributed by atoms with van der Waals surface area (Å²) in [5.74, 6) is -0.498. The standard InChI is InChI=1S/C21H15F3N4O2/c22-21(23,24)19-17(13-28(26-19)12-14-7-3-1-4-8-14)25-20(29)16-11-18(30-27-16)15-9-5-2-6-10-15/h1-11,13H,12H2,(H,25,29). The lowest BCUT2D eigenvalue weighted by Crippen LogP contribution is -2.16. The first-order chi connectivity index (χ1) is 14.4. The van der Waals surface area contributed by atoms with E-state index in [9.17, 15) is 18.0 Å². The predicted octanol–water partition coefficient (Wildman–Crippen LogP) is 4.86. The summed E-state index contributed by atoms with van der Waals surface area (Å²) in [5.41, 5.74) is -0.310. The smallest absolute Gasteiger partial charge is 0.355 e. The fourth-order valence-corrected chi connectivity index (χ4v) is 2.88. The van der Waals surface area contributed by atoms with Gasteiger partial charge in [-0.2, -0.15) is 18.3 Å². The van der Waals surface area contributed by atoms with Gasteiger partial charge in [-0.15, -0.1) is 0 Å². The molecule has 2 heterocycles. The molecule has 0 atom stereocenters. The molecular weight excluding hydrogens is 397 g/mol. The first-order valence-corrected chi connectivity index (χ1v) is 8.92. The van der Waals surface area contributed by atoms with E-state index in [-0.39, 0.29) is 12.2 Å². The van der Waals surface area contributed by atoms with Crippen molar-refractivity contribution in [1.29, 1.82) is 0 Å². The zero-order chi connectivity index (χ0) is 21.1.